The molecular formula is C25H33N3O4S. The third-order valence-electron chi connectivity index (χ3n) is 6.42. The summed E-state index contributed by atoms with van der Waals surface area (Å²) in [6.45, 7) is 6.79. The molecule has 2 amide bonds. The number of carbonyl (C=O) groups is 1. The Hall–Kier alpha value is -2.74. The predicted octanol–water partition coefficient (Wildman–Crippen LogP) is 4.40. The van der Waals surface area contributed by atoms with Crippen LogP contribution in [0.25, 0.3) is 0 Å². The molecule has 8 heteroatoms. The van der Waals surface area contributed by atoms with Gasteiger partial charge in [-0.15, -0.1) is 0 Å². The van der Waals surface area contributed by atoms with Gasteiger partial charge in [-0.2, -0.15) is 0 Å². The molecule has 0 aliphatic carbocycles. The molecule has 5 rings (SSSR count). The number of amides is 2. The molecule has 2 atom stereocenters. The van der Waals surface area contributed by atoms with E-state index in [1.54, 1.807) is 24.3 Å². The number of hydrogen-bond donors (Lipinski definition) is 1. The van der Waals surface area contributed by atoms with Gasteiger partial charge < -0.3 is 19.9 Å². The van der Waals surface area contributed by atoms with Crippen molar-refractivity contribution in [3.63, 3.8) is 0 Å². The lowest BCUT2D eigenvalue weighted by molar-refractivity contribution is 0.209. The molecule has 1 N–H and O–H groups in total. The van der Waals surface area contributed by atoms with Gasteiger partial charge in [0.05, 0.1) is 17.3 Å². The molecule has 178 valence electrons. The molecule has 2 bridgehead atoms. The Morgan fingerprint density at radius 2 is 1.73 bits per heavy atom. The highest BCUT2D eigenvalue weighted by Crippen LogP contribution is 2.33. The highest BCUT2D eigenvalue weighted by molar-refractivity contribution is 7.91. The van der Waals surface area contributed by atoms with E-state index in [1.165, 1.54) is 5.69 Å². The van der Waals surface area contributed by atoms with E-state index in [0.29, 0.717) is 36.1 Å². The van der Waals surface area contributed by atoms with Gasteiger partial charge in [0.2, 0.25) is 0 Å². The number of benzene rings is 2. The molecule has 3 aliphatic heterocycles. The Kier molecular flexibility index (Phi) is 7.12. The lowest BCUT2D eigenvalue weighted by Gasteiger charge is -2.38. The zero-order valence-corrected chi connectivity index (χ0v) is 20.2. The van der Waals surface area contributed by atoms with Crippen molar-refractivity contribution in [1.29, 1.82) is 0 Å². The number of sulfone groups is 1. The van der Waals surface area contributed by atoms with E-state index in [-0.39, 0.29) is 17.8 Å². The summed E-state index contributed by atoms with van der Waals surface area (Å²) in [6, 6.07) is 14.8. The first kappa shape index (κ1) is 23.4. The molecule has 0 unspecified atom stereocenters. The molecule has 3 heterocycles. The van der Waals surface area contributed by atoms with Gasteiger partial charge in [0, 0.05) is 37.1 Å². The van der Waals surface area contributed by atoms with Crippen LogP contribution in [0.4, 0.5) is 16.2 Å². The largest absolute Gasteiger partial charge is 0.494 e. The number of piperidine rings is 1. The van der Waals surface area contributed by atoms with Crippen LogP contribution in [0.15, 0.2) is 53.4 Å². The first-order valence-electron chi connectivity index (χ1n) is 11.8. The number of ether oxygens (including phenoxy) is 1. The fourth-order valence-corrected chi connectivity index (χ4v) is 6.12. The normalized spacial score (nSPS) is 20.4. The standard InChI is InChI=1S/C25H33N3O4S/c1-3-15-33(30,31)24-13-6-20(7-14-24)26-25(29)27-16-19-5-8-22(18-27)28(17-19)21-9-11-23(12-10-21)32-4-2/h6-7,9-14,19,22H,3-5,8,15-18H2,1-2H3,(H,26,29)/t19-,22+/m1/s1. The van der Waals surface area contributed by atoms with E-state index in [1.807, 2.05) is 30.9 Å². The molecule has 0 aromatic heterocycles. The Bertz CT molecular complexity index is 1050. The Morgan fingerprint density at radius 3 is 2.39 bits per heavy atom. The number of nitrogens with zero attached hydrogens (tertiary/aromatic N) is 2. The minimum absolute atomic E-state index is 0.125. The summed E-state index contributed by atoms with van der Waals surface area (Å²) in [6.07, 6.45) is 2.75. The van der Waals surface area contributed by atoms with Gasteiger partial charge in [0.25, 0.3) is 0 Å². The molecular weight excluding hydrogens is 438 g/mol. The molecule has 33 heavy (non-hydrogen) atoms. The van der Waals surface area contributed by atoms with Crippen molar-refractivity contribution in [1.82, 2.24) is 4.90 Å². The maximum Gasteiger partial charge on any atom is 0.321 e. The van der Waals surface area contributed by atoms with Crippen molar-refractivity contribution in [2.24, 2.45) is 5.92 Å². The number of rotatable bonds is 7. The maximum absolute atomic E-state index is 13.0. The van der Waals surface area contributed by atoms with Gasteiger partial charge in [-0.25, -0.2) is 13.2 Å². The van der Waals surface area contributed by atoms with Crippen LogP contribution < -0.4 is 15.0 Å². The lowest BCUT2D eigenvalue weighted by atomic mass is 9.94. The number of hydrogen-bond acceptors (Lipinski definition) is 5. The van der Waals surface area contributed by atoms with Crippen LogP contribution in [0.5, 0.6) is 5.75 Å². The predicted molar refractivity (Wildman–Crippen MR) is 131 cm³/mol. The topological polar surface area (TPSA) is 79.0 Å². The number of urea groups is 1. The quantitative estimate of drug-likeness (QED) is 0.647. The minimum Gasteiger partial charge on any atom is -0.494 e. The maximum atomic E-state index is 13.0. The van der Waals surface area contributed by atoms with Crippen LogP contribution in [-0.4, -0.2) is 57.4 Å². The zero-order valence-electron chi connectivity index (χ0n) is 19.4. The van der Waals surface area contributed by atoms with Crippen LogP contribution in [0, 0.1) is 5.92 Å². The second-order valence-corrected chi connectivity index (χ2v) is 11.0. The molecule has 0 radical (unpaired) electrons. The average Bonchev–Trinajstić information content (AvgIpc) is 3.13. The van der Waals surface area contributed by atoms with E-state index in [0.717, 1.165) is 31.7 Å². The van der Waals surface area contributed by atoms with Gasteiger partial charge in [0.15, 0.2) is 9.84 Å². The summed E-state index contributed by atoms with van der Waals surface area (Å²) >= 11 is 0. The van der Waals surface area contributed by atoms with Gasteiger partial charge in [-0.05, 0) is 80.6 Å². The summed E-state index contributed by atoms with van der Waals surface area (Å²) < 4.78 is 30.0. The molecule has 3 aliphatic rings. The van der Waals surface area contributed by atoms with Crippen molar-refractivity contribution in [3.8, 4) is 5.75 Å². The molecule has 3 saturated heterocycles. The van der Waals surface area contributed by atoms with Crippen molar-refractivity contribution in [2.75, 3.05) is 42.2 Å². The van der Waals surface area contributed by atoms with Crippen LogP contribution in [0.2, 0.25) is 0 Å². The molecule has 3 fully saturated rings. The van der Waals surface area contributed by atoms with E-state index >= 15 is 0 Å². The average molecular weight is 472 g/mol. The van der Waals surface area contributed by atoms with Crippen molar-refractivity contribution in [3.05, 3.63) is 48.5 Å². The summed E-state index contributed by atoms with van der Waals surface area (Å²) in [4.78, 5) is 17.7. The first-order chi connectivity index (χ1) is 15.9. The van der Waals surface area contributed by atoms with Gasteiger partial charge in [-0.1, -0.05) is 6.92 Å². The fourth-order valence-electron chi connectivity index (χ4n) is 4.80. The first-order valence-corrected chi connectivity index (χ1v) is 13.4. The number of anilines is 2. The fraction of sp³-hybridized carbons (Fsp3) is 0.480. The van der Waals surface area contributed by atoms with Crippen LogP contribution in [0.1, 0.15) is 33.1 Å². The summed E-state index contributed by atoms with van der Waals surface area (Å²) in [5.74, 6) is 1.42. The van der Waals surface area contributed by atoms with Gasteiger partial charge in [0.1, 0.15) is 5.75 Å². The Labute approximate surface area is 196 Å². The molecule has 7 nitrogen and oxygen atoms in total. The SMILES string of the molecule is CCCS(=O)(=O)c1ccc(NC(=O)N2C[C@H]3CC[C@@H](C2)N(c2ccc(OCC)cc2)C3)cc1. The minimum atomic E-state index is -3.26. The van der Waals surface area contributed by atoms with Crippen LogP contribution in [0.3, 0.4) is 0 Å². The third-order valence-corrected chi connectivity index (χ3v) is 8.35. The molecule has 2 aromatic carbocycles. The van der Waals surface area contributed by atoms with Crippen molar-refractivity contribution in [2.45, 2.75) is 44.0 Å². The summed E-state index contributed by atoms with van der Waals surface area (Å²) in [5.41, 5.74) is 1.77. The molecule has 0 spiro atoms. The molecule has 0 saturated carbocycles. The second-order valence-electron chi connectivity index (χ2n) is 8.85. The summed E-state index contributed by atoms with van der Waals surface area (Å²) in [5, 5.41) is 2.95. The Morgan fingerprint density at radius 1 is 1.00 bits per heavy atom. The van der Waals surface area contributed by atoms with E-state index in [2.05, 4.69) is 22.3 Å². The van der Waals surface area contributed by atoms with E-state index in [9.17, 15) is 13.2 Å². The lowest BCUT2D eigenvalue weighted by Crippen LogP contribution is -2.45. The number of nitrogens with one attached hydrogen (secondary N) is 1. The van der Waals surface area contributed by atoms with E-state index in [4.69, 9.17) is 4.74 Å². The molecule has 2 aromatic rings. The van der Waals surface area contributed by atoms with Gasteiger partial charge >= 0.3 is 6.03 Å². The number of carbonyl (C=O) groups excluding carboxylic acids is 1. The summed E-state index contributed by atoms with van der Waals surface area (Å²) in [7, 11) is -3.26. The second kappa shape index (κ2) is 10.0. The monoisotopic (exact) mass is 471 g/mol. The van der Waals surface area contributed by atoms with Gasteiger partial charge in [-0.3, -0.25) is 0 Å². The highest BCUT2D eigenvalue weighted by atomic mass is 32.2. The Balaban J connectivity index is 1.42. The van der Waals surface area contributed by atoms with Crippen molar-refractivity contribution < 1.29 is 17.9 Å². The number of fused-ring (bicyclic) bond motifs is 4. The van der Waals surface area contributed by atoms with Crippen LogP contribution in [-0.2, 0) is 9.84 Å². The van der Waals surface area contributed by atoms with E-state index < -0.39 is 9.84 Å². The van der Waals surface area contributed by atoms with Crippen molar-refractivity contribution >= 4 is 27.2 Å². The smallest absolute Gasteiger partial charge is 0.321 e. The zero-order chi connectivity index (χ0) is 23.4. The van der Waals surface area contributed by atoms with Crippen LogP contribution >= 0.6 is 0 Å². The third kappa shape index (κ3) is 5.43. The highest BCUT2D eigenvalue weighted by Gasteiger charge is 2.36.